The summed E-state index contributed by atoms with van der Waals surface area (Å²) >= 11 is 0. The van der Waals surface area contributed by atoms with Gasteiger partial charge in [0.15, 0.2) is 0 Å². The molecule has 0 aromatic heterocycles. The van der Waals surface area contributed by atoms with Gasteiger partial charge in [-0.15, -0.1) is 0 Å². The van der Waals surface area contributed by atoms with Crippen molar-refractivity contribution in [1.82, 2.24) is 15.1 Å². The summed E-state index contributed by atoms with van der Waals surface area (Å²) in [5.74, 6) is 0.666. The number of piperazine rings is 1. The van der Waals surface area contributed by atoms with Crippen molar-refractivity contribution < 1.29 is 19.1 Å². The Kier molecular flexibility index (Phi) is 6.21. The van der Waals surface area contributed by atoms with Gasteiger partial charge in [0.2, 0.25) is 11.8 Å². The second-order valence-corrected chi connectivity index (χ2v) is 8.02. The van der Waals surface area contributed by atoms with E-state index in [9.17, 15) is 14.4 Å². The molecule has 7 heteroatoms. The van der Waals surface area contributed by atoms with Gasteiger partial charge in [0.25, 0.3) is 5.91 Å². The van der Waals surface area contributed by atoms with Crippen molar-refractivity contribution in [1.29, 1.82) is 0 Å². The number of nitrogens with zero attached hydrogens (tertiary/aromatic N) is 2. The molecule has 2 heterocycles. The summed E-state index contributed by atoms with van der Waals surface area (Å²) in [4.78, 5) is 41.0. The fourth-order valence-electron chi connectivity index (χ4n) is 4.17. The van der Waals surface area contributed by atoms with E-state index >= 15 is 0 Å². The molecule has 0 spiro atoms. The Balaban J connectivity index is 1.33. The van der Waals surface area contributed by atoms with Crippen molar-refractivity contribution in [3.63, 3.8) is 0 Å². The lowest BCUT2D eigenvalue weighted by Crippen LogP contribution is -2.60. The summed E-state index contributed by atoms with van der Waals surface area (Å²) in [6.07, 6.45) is 2.69. The number of methoxy groups -OCH3 is 1. The summed E-state index contributed by atoms with van der Waals surface area (Å²) in [6.45, 7) is 1.61. The maximum Gasteiger partial charge on any atom is 0.251 e. The maximum absolute atomic E-state index is 12.8. The Hall–Kier alpha value is -3.35. The standard InChI is InChI=1S/C24H27N3O4/c1-31-20-11-7-17(8-12-20)14-25-23(29)19-9-5-18(6-10-19)15-26-16-22(28)27-13-3-2-4-21(27)24(26)30/h5-12,21H,2-4,13-16H2,1H3,(H,25,29). The van der Waals surface area contributed by atoms with Crippen LogP contribution in [0.5, 0.6) is 5.75 Å². The predicted octanol–water partition coefficient (Wildman–Crippen LogP) is 2.35. The van der Waals surface area contributed by atoms with E-state index in [0.29, 0.717) is 25.2 Å². The molecule has 0 bridgehead atoms. The minimum absolute atomic E-state index is 0.0267. The zero-order valence-electron chi connectivity index (χ0n) is 17.7. The SMILES string of the molecule is COc1ccc(CNC(=O)c2ccc(CN3CC(=O)N4CCCCC4C3=O)cc2)cc1. The van der Waals surface area contributed by atoms with E-state index in [2.05, 4.69) is 5.32 Å². The molecular weight excluding hydrogens is 394 g/mol. The first kappa shape index (κ1) is 20.9. The van der Waals surface area contributed by atoms with Crippen LogP contribution in [-0.2, 0) is 22.7 Å². The number of hydrogen-bond donors (Lipinski definition) is 1. The Bertz CT molecular complexity index is 956. The molecule has 2 saturated heterocycles. The highest BCUT2D eigenvalue weighted by atomic mass is 16.5. The lowest BCUT2D eigenvalue weighted by Gasteiger charge is -2.42. The van der Waals surface area contributed by atoms with Crippen molar-refractivity contribution in [3.8, 4) is 5.75 Å². The third-order valence-electron chi connectivity index (χ3n) is 5.95. The van der Waals surface area contributed by atoms with E-state index in [0.717, 1.165) is 36.1 Å². The lowest BCUT2D eigenvalue weighted by molar-refractivity contribution is -0.158. The van der Waals surface area contributed by atoms with Crippen LogP contribution in [0.2, 0.25) is 0 Å². The molecule has 3 amide bonds. The summed E-state index contributed by atoms with van der Waals surface area (Å²) in [6, 6.07) is 14.4. The first-order valence-corrected chi connectivity index (χ1v) is 10.6. The van der Waals surface area contributed by atoms with Crippen LogP contribution in [0, 0.1) is 0 Å². The van der Waals surface area contributed by atoms with Crippen LogP contribution in [0.4, 0.5) is 0 Å². The van der Waals surface area contributed by atoms with Gasteiger partial charge < -0.3 is 19.9 Å². The van der Waals surface area contributed by atoms with Crippen molar-refractivity contribution >= 4 is 17.7 Å². The number of ether oxygens (including phenoxy) is 1. The fraction of sp³-hybridized carbons (Fsp3) is 0.375. The van der Waals surface area contributed by atoms with Gasteiger partial charge in [0, 0.05) is 25.2 Å². The normalized spacial score (nSPS) is 18.5. The largest absolute Gasteiger partial charge is 0.497 e. The molecule has 0 saturated carbocycles. The first-order valence-electron chi connectivity index (χ1n) is 10.6. The molecule has 2 aromatic rings. The smallest absolute Gasteiger partial charge is 0.251 e. The summed E-state index contributed by atoms with van der Waals surface area (Å²) < 4.78 is 5.14. The molecule has 31 heavy (non-hydrogen) atoms. The molecule has 0 radical (unpaired) electrons. The minimum Gasteiger partial charge on any atom is -0.497 e. The molecule has 2 aliphatic heterocycles. The van der Waals surface area contributed by atoms with Crippen molar-refractivity contribution in [2.45, 2.75) is 38.4 Å². The number of piperidine rings is 1. The monoisotopic (exact) mass is 421 g/mol. The molecule has 1 atom stereocenters. The number of carbonyl (C=O) groups is 3. The molecule has 1 N–H and O–H groups in total. The molecule has 7 nitrogen and oxygen atoms in total. The van der Waals surface area contributed by atoms with E-state index in [1.54, 1.807) is 29.0 Å². The van der Waals surface area contributed by atoms with Crippen molar-refractivity contribution in [3.05, 3.63) is 65.2 Å². The summed E-state index contributed by atoms with van der Waals surface area (Å²) in [5, 5.41) is 2.90. The van der Waals surface area contributed by atoms with Gasteiger partial charge in [0.1, 0.15) is 18.3 Å². The number of rotatable bonds is 6. The van der Waals surface area contributed by atoms with Gasteiger partial charge in [-0.25, -0.2) is 0 Å². The number of amides is 3. The van der Waals surface area contributed by atoms with Crippen molar-refractivity contribution in [2.24, 2.45) is 0 Å². The van der Waals surface area contributed by atoms with Crippen LogP contribution in [0.1, 0.15) is 40.7 Å². The zero-order valence-corrected chi connectivity index (χ0v) is 17.7. The quantitative estimate of drug-likeness (QED) is 0.777. The molecule has 2 aromatic carbocycles. The first-order chi connectivity index (χ1) is 15.0. The fourth-order valence-corrected chi connectivity index (χ4v) is 4.17. The van der Waals surface area contributed by atoms with Gasteiger partial charge in [-0.2, -0.15) is 0 Å². The van der Waals surface area contributed by atoms with Crippen LogP contribution >= 0.6 is 0 Å². The highest BCUT2D eigenvalue weighted by molar-refractivity contribution is 5.95. The Morgan fingerprint density at radius 3 is 2.45 bits per heavy atom. The van der Waals surface area contributed by atoms with Crippen LogP contribution in [0.3, 0.4) is 0 Å². The molecule has 162 valence electrons. The van der Waals surface area contributed by atoms with Crippen LogP contribution < -0.4 is 10.1 Å². The zero-order chi connectivity index (χ0) is 21.8. The van der Waals surface area contributed by atoms with E-state index in [1.807, 2.05) is 36.4 Å². The van der Waals surface area contributed by atoms with Crippen LogP contribution in [0.25, 0.3) is 0 Å². The second kappa shape index (κ2) is 9.20. The number of benzene rings is 2. The van der Waals surface area contributed by atoms with Crippen molar-refractivity contribution in [2.75, 3.05) is 20.2 Å². The molecule has 0 aliphatic carbocycles. The molecule has 1 unspecified atom stereocenters. The van der Waals surface area contributed by atoms with Crippen LogP contribution in [-0.4, -0.2) is 53.8 Å². The Labute approximate surface area is 182 Å². The third kappa shape index (κ3) is 4.71. The average Bonchev–Trinajstić information content (AvgIpc) is 2.81. The summed E-state index contributed by atoms with van der Waals surface area (Å²) in [7, 11) is 1.62. The Morgan fingerprint density at radius 1 is 1.03 bits per heavy atom. The van der Waals surface area contributed by atoms with E-state index in [-0.39, 0.29) is 30.3 Å². The molecule has 2 fully saturated rings. The predicted molar refractivity (Wildman–Crippen MR) is 115 cm³/mol. The third-order valence-corrected chi connectivity index (χ3v) is 5.95. The maximum atomic E-state index is 12.8. The van der Waals surface area contributed by atoms with E-state index in [1.165, 1.54) is 0 Å². The van der Waals surface area contributed by atoms with Gasteiger partial charge >= 0.3 is 0 Å². The number of carbonyl (C=O) groups excluding carboxylic acids is 3. The van der Waals surface area contributed by atoms with Gasteiger partial charge in [-0.1, -0.05) is 24.3 Å². The van der Waals surface area contributed by atoms with E-state index < -0.39 is 0 Å². The second-order valence-electron chi connectivity index (χ2n) is 8.02. The molecule has 2 aliphatic rings. The lowest BCUT2D eigenvalue weighted by atomic mass is 9.98. The van der Waals surface area contributed by atoms with E-state index in [4.69, 9.17) is 4.74 Å². The molecule has 4 rings (SSSR count). The van der Waals surface area contributed by atoms with Gasteiger partial charge in [-0.05, 0) is 54.7 Å². The highest BCUT2D eigenvalue weighted by Crippen LogP contribution is 2.24. The number of fused-ring (bicyclic) bond motifs is 1. The topological polar surface area (TPSA) is 79.0 Å². The van der Waals surface area contributed by atoms with Gasteiger partial charge in [0.05, 0.1) is 7.11 Å². The average molecular weight is 421 g/mol. The molecular formula is C24H27N3O4. The number of hydrogen-bond acceptors (Lipinski definition) is 4. The number of nitrogens with one attached hydrogen (secondary N) is 1. The van der Waals surface area contributed by atoms with Crippen LogP contribution in [0.15, 0.2) is 48.5 Å². The Morgan fingerprint density at radius 2 is 1.74 bits per heavy atom. The van der Waals surface area contributed by atoms with Gasteiger partial charge in [-0.3, -0.25) is 14.4 Å². The summed E-state index contributed by atoms with van der Waals surface area (Å²) in [5.41, 5.74) is 2.43. The minimum atomic E-state index is -0.307. The highest BCUT2D eigenvalue weighted by Gasteiger charge is 2.40.